The predicted molar refractivity (Wildman–Crippen MR) is 101 cm³/mol. The van der Waals surface area contributed by atoms with Crippen LogP contribution in [-0.2, 0) is 0 Å². The highest BCUT2D eigenvalue weighted by molar-refractivity contribution is 7.14. The van der Waals surface area contributed by atoms with Crippen molar-refractivity contribution in [2.45, 2.75) is 6.42 Å². The number of hydrogen-bond acceptors (Lipinski definition) is 1. The zero-order chi connectivity index (χ0) is 29.7. The SMILES string of the molecule is N#CCC#[N+][B-](c1c(F)c(F)c(F)c(F)c1F)(c1c(F)c(F)c(F)c(F)c1F)c1c(F)c(F)c(F)c(F)c1F. The maximum Gasteiger partial charge on any atom is 0.496 e. The highest BCUT2D eigenvalue weighted by Gasteiger charge is 2.59. The summed E-state index contributed by atoms with van der Waals surface area (Å²) in [5.74, 6) is -47.2. The molecule has 0 aromatic heterocycles. The van der Waals surface area contributed by atoms with Crippen LogP contribution in [0.3, 0.4) is 0 Å². The van der Waals surface area contributed by atoms with Crippen LogP contribution in [0.25, 0.3) is 4.76 Å². The molecule has 0 fully saturated rings. The minimum atomic E-state index is -6.06. The molecule has 0 aliphatic carbocycles. The zero-order valence-corrected chi connectivity index (χ0v) is 17.8. The first-order chi connectivity index (χ1) is 18.1. The van der Waals surface area contributed by atoms with Crippen molar-refractivity contribution >= 4 is 22.7 Å². The van der Waals surface area contributed by atoms with Gasteiger partial charge in [-0.25, -0.2) is 65.9 Å². The van der Waals surface area contributed by atoms with Crippen molar-refractivity contribution in [2.24, 2.45) is 0 Å². The van der Waals surface area contributed by atoms with Gasteiger partial charge in [-0.1, -0.05) is 0 Å². The Labute approximate surface area is 205 Å². The van der Waals surface area contributed by atoms with Crippen molar-refractivity contribution < 1.29 is 65.9 Å². The van der Waals surface area contributed by atoms with Gasteiger partial charge in [0, 0.05) is 0 Å². The third-order valence-corrected chi connectivity index (χ3v) is 5.43. The molecule has 3 rings (SSSR count). The average molecular weight is 578 g/mol. The highest BCUT2D eigenvalue weighted by Crippen LogP contribution is 2.28. The van der Waals surface area contributed by atoms with Crippen LogP contribution >= 0.6 is 0 Å². The van der Waals surface area contributed by atoms with E-state index < -0.39 is 116 Å². The van der Waals surface area contributed by atoms with Crippen molar-refractivity contribution in [3.8, 4) is 12.1 Å². The van der Waals surface area contributed by atoms with Gasteiger partial charge in [-0.2, -0.15) is 5.26 Å². The molecule has 0 radical (unpaired) electrons. The van der Waals surface area contributed by atoms with E-state index >= 15 is 0 Å². The van der Waals surface area contributed by atoms with Gasteiger partial charge in [0.2, 0.25) is 6.07 Å². The Morgan fingerprint density at radius 2 is 0.615 bits per heavy atom. The molecule has 204 valence electrons. The first kappa shape index (κ1) is 29.2. The van der Waals surface area contributed by atoms with Crippen LogP contribution in [0.2, 0.25) is 0 Å². The minimum Gasteiger partial charge on any atom is -0.332 e. The Kier molecular flexibility index (Phi) is 7.55. The summed E-state index contributed by atoms with van der Waals surface area (Å²) in [5, 5.41) is 8.66. The number of nitrogens with zero attached hydrogens (tertiary/aromatic N) is 2. The quantitative estimate of drug-likeness (QED) is 0.187. The van der Waals surface area contributed by atoms with Crippen LogP contribution in [0.4, 0.5) is 65.9 Å². The summed E-state index contributed by atoms with van der Waals surface area (Å²) in [4.78, 5) is 0. The van der Waals surface area contributed by atoms with Gasteiger partial charge >= 0.3 is 6.28 Å². The van der Waals surface area contributed by atoms with Gasteiger partial charge in [0.25, 0.3) is 0 Å². The Bertz CT molecular complexity index is 1410. The molecule has 39 heavy (non-hydrogen) atoms. The van der Waals surface area contributed by atoms with Gasteiger partial charge in [-0.15, -0.1) is 0 Å². The summed E-state index contributed by atoms with van der Waals surface area (Å²) in [6.07, 6.45) is -7.42. The molecule has 0 unspecified atom stereocenters. The van der Waals surface area contributed by atoms with Gasteiger partial charge < -0.3 is 4.76 Å². The summed E-state index contributed by atoms with van der Waals surface area (Å²) in [5.41, 5.74) is -8.70. The first-order valence-electron chi connectivity index (χ1n) is 9.61. The molecule has 2 nitrogen and oxygen atoms in total. The van der Waals surface area contributed by atoms with Gasteiger partial charge in [0.05, 0.1) is 6.07 Å². The van der Waals surface area contributed by atoms with E-state index in [0.717, 1.165) is 6.07 Å². The van der Waals surface area contributed by atoms with E-state index in [2.05, 4.69) is 4.76 Å². The van der Waals surface area contributed by atoms with Crippen molar-refractivity contribution in [1.82, 2.24) is 0 Å². The number of hydrogen-bond donors (Lipinski definition) is 0. The molecule has 3 aromatic carbocycles. The fraction of sp³-hybridized carbons (Fsp3) is 0.0476. The summed E-state index contributed by atoms with van der Waals surface area (Å²) >= 11 is 0. The fourth-order valence-electron chi connectivity index (χ4n) is 3.81. The number of halogens is 15. The molecule has 0 aliphatic heterocycles. The lowest BCUT2D eigenvalue weighted by Gasteiger charge is -2.29. The third kappa shape index (κ3) is 4.01. The van der Waals surface area contributed by atoms with Crippen molar-refractivity contribution in [3.05, 3.63) is 92.0 Å². The van der Waals surface area contributed by atoms with Gasteiger partial charge in [0.1, 0.15) is 34.9 Å². The molecule has 0 saturated carbocycles. The van der Waals surface area contributed by atoms with Gasteiger partial charge in [0.15, 0.2) is 58.8 Å². The summed E-state index contributed by atoms with van der Waals surface area (Å²) in [6, 6.07) is 2.37. The second-order valence-electron chi connectivity index (χ2n) is 7.39. The van der Waals surface area contributed by atoms with E-state index in [1.807, 2.05) is 0 Å². The van der Waals surface area contributed by atoms with E-state index in [0.29, 0.717) is 0 Å². The molecule has 0 N–H and O–H groups in total. The van der Waals surface area contributed by atoms with Crippen LogP contribution in [-0.4, -0.2) is 6.28 Å². The fourth-order valence-corrected chi connectivity index (χ4v) is 3.81. The zero-order valence-electron chi connectivity index (χ0n) is 17.8. The first-order valence-corrected chi connectivity index (χ1v) is 9.61. The van der Waals surface area contributed by atoms with E-state index in [-0.39, 0.29) is 0 Å². The third-order valence-electron chi connectivity index (χ3n) is 5.43. The molecule has 0 saturated heterocycles. The summed E-state index contributed by atoms with van der Waals surface area (Å²) < 4.78 is 219. The molecule has 0 spiro atoms. The minimum absolute atomic E-state index is 1.10. The topological polar surface area (TPSA) is 28.1 Å². The van der Waals surface area contributed by atoms with Crippen LogP contribution < -0.4 is 16.4 Å². The Morgan fingerprint density at radius 1 is 0.410 bits per heavy atom. The Balaban J connectivity index is 2.93. The van der Waals surface area contributed by atoms with Crippen molar-refractivity contribution in [2.75, 3.05) is 0 Å². The highest BCUT2D eigenvalue weighted by atomic mass is 19.2. The molecule has 0 amide bonds. The van der Waals surface area contributed by atoms with Gasteiger partial charge in [-0.3, -0.25) is 0 Å². The Hall–Kier alpha value is -4.35. The lowest BCUT2D eigenvalue weighted by Crippen LogP contribution is -2.71. The molecule has 0 bridgehead atoms. The van der Waals surface area contributed by atoms with Crippen molar-refractivity contribution in [1.29, 1.82) is 5.26 Å². The number of nitriles is 1. The van der Waals surface area contributed by atoms with Crippen LogP contribution in [0.1, 0.15) is 6.42 Å². The van der Waals surface area contributed by atoms with Crippen LogP contribution in [0.15, 0.2) is 0 Å². The predicted octanol–water partition coefficient (Wildman–Crippen LogP) is 4.99. The number of benzene rings is 3. The van der Waals surface area contributed by atoms with E-state index in [9.17, 15) is 65.9 Å². The molecule has 0 atom stereocenters. The second-order valence-corrected chi connectivity index (χ2v) is 7.39. The normalized spacial score (nSPS) is 11.3. The molecule has 0 heterocycles. The largest absolute Gasteiger partial charge is 0.496 e. The monoisotopic (exact) mass is 578 g/mol. The summed E-state index contributed by atoms with van der Waals surface area (Å²) in [6.45, 7) is 0. The van der Waals surface area contributed by atoms with E-state index in [1.165, 1.54) is 6.07 Å². The smallest absolute Gasteiger partial charge is 0.332 e. The van der Waals surface area contributed by atoms with E-state index in [4.69, 9.17) is 5.26 Å². The maximum absolute atomic E-state index is 15.0. The lowest BCUT2D eigenvalue weighted by molar-refractivity contribution is 0.380. The second kappa shape index (κ2) is 10.1. The van der Waals surface area contributed by atoms with Crippen molar-refractivity contribution in [3.63, 3.8) is 0 Å². The standard InChI is InChI=1S/C21H2BF15N2/c23-7-4(8(24)14(30)19(35)13(7)29)22(39-3-1-2-38,5-9(25)15(31)20(36)16(32)10(5)26)6-11(27)17(33)21(37)18(34)12(6)28/h1H2. The molecule has 0 aliphatic rings. The molecular formula is C21H2BF15N2. The van der Waals surface area contributed by atoms with Crippen LogP contribution in [0, 0.1) is 105 Å². The molecule has 3 aromatic rings. The summed E-state index contributed by atoms with van der Waals surface area (Å²) in [7, 11) is 0. The molecule has 18 heteroatoms. The average Bonchev–Trinajstić information content (AvgIpc) is 2.90. The number of rotatable bonds is 3. The maximum atomic E-state index is 15.0. The van der Waals surface area contributed by atoms with E-state index in [1.54, 1.807) is 0 Å². The molecular weight excluding hydrogens is 576 g/mol. The van der Waals surface area contributed by atoms with Crippen LogP contribution in [0.5, 0.6) is 0 Å². The lowest BCUT2D eigenvalue weighted by atomic mass is 9.24. The van der Waals surface area contributed by atoms with Gasteiger partial charge in [-0.05, 0) is 16.4 Å². The Morgan fingerprint density at radius 3 is 0.821 bits per heavy atom.